The zero-order valence-electron chi connectivity index (χ0n) is 12.0. The van der Waals surface area contributed by atoms with Crippen LogP contribution in [0, 0.1) is 0 Å². The Morgan fingerprint density at radius 3 is 2.60 bits per heavy atom. The van der Waals surface area contributed by atoms with Crippen molar-refractivity contribution >= 4 is 12.2 Å². The maximum absolute atomic E-state index is 10.3. The van der Waals surface area contributed by atoms with E-state index in [1.54, 1.807) is 0 Å². The maximum Gasteiger partial charge on any atom is 0.293 e. The topological polar surface area (TPSA) is 29.5 Å². The number of nitrogens with zero attached hydrogens (tertiary/aromatic N) is 2. The van der Waals surface area contributed by atoms with Gasteiger partial charge in [-0.2, -0.15) is 0 Å². The van der Waals surface area contributed by atoms with Gasteiger partial charge in [0.2, 0.25) is 0 Å². The van der Waals surface area contributed by atoms with Crippen molar-refractivity contribution < 1.29 is 14.0 Å². The summed E-state index contributed by atoms with van der Waals surface area (Å²) >= 11 is 0. The Kier molecular flexibility index (Phi) is 3.92. The van der Waals surface area contributed by atoms with Gasteiger partial charge in [0.1, 0.15) is 6.61 Å². The highest BCUT2D eigenvalue weighted by Crippen LogP contribution is 2.25. The van der Waals surface area contributed by atoms with Gasteiger partial charge in [0.25, 0.3) is 6.47 Å². The molecule has 20 heavy (non-hydrogen) atoms. The summed E-state index contributed by atoms with van der Waals surface area (Å²) in [5, 5.41) is 0. The zero-order chi connectivity index (χ0) is 13.8. The first-order valence-corrected chi connectivity index (χ1v) is 7.56. The lowest BCUT2D eigenvalue weighted by Gasteiger charge is -2.42. The van der Waals surface area contributed by atoms with E-state index in [4.69, 9.17) is 4.74 Å². The Labute approximate surface area is 120 Å². The summed E-state index contributed by atoms with van der Waals surface area (Å²) in [6.45, 7) is 8.45. The van der Waals surface area contributed by atoms with Crippen LogP contribution in [0.5, 0.6) is 0 Å². The normalized spacial score (nSPS) is 21.1. The molecule has 0 N–H and O–H groups in total. The van der Waals surface area contributed by atoms with Crippen molar-refractivity contribution in [3.63, 3.8) is 0 Å². The highest BCUT2D eigenvalue weighted by Gasteiger charge is 2.35. The van der Waals surface area contributed by atoms with Crippen molar-refractivity contribution in [1.82, 2.24) is 0 Å². The van der Waals surface area contributed by atoms with Crippen LogP contribution in [0.4, 0.5) is 5.69 Å². The van der Waals surface area contributed by atoms with Gasteiger partial charge in [-0.3, -0.25) is 4.79 Å². The standard InChI is InChI=1S/C16H23N2O2/c19-14-20-13-15-4-3-5-16(12-15)17-6-10-18(11-7-17)8-1-2-9-18/h3-5,12,14H,1-2,6-11,13H2/q+1. The molecule has 2 saturated heterocycles. The van der Waals surface area contributed by atoms with Crippen molar-refractivity contribution in [3.8, 4) is 0 Å². The van der Waals surface area contributed by atoms with E-state index in [2.05, 4.69) is 17.0 Å². The number of hydrogen-bond acceptors (Lipinski definition) is 3. The first kappa shape index (κ1) is 13.4. The van der Waals surface area contributed by atoms with Crippen molar-refractivity contribution in [3.05, 3.63) is 29.8 Å². The van der Waals surface area contributed by atoms with Crippen LogP contribution in [0.2, 0.25) is 0 Å². The van der Waals surface area contributed by atoms with Gasteiger partial charge in [-0.1, -0.05) is 12.1 Å². The molecule has 4 nitrogen and oxygen atoms in total. The fourth-order valence-electron chi connectivity index (χ4n) is 3.57. The molecule has 0 aliphatic carbocycles. The third-order valence-electron chi connectivity index (χ3n) is 4.80. The van der Waals surface area contributed by atoms with Gasteiger partial charge in [-0.25, -0.2) is 0 Å². The average molecular weight is 275 g/mol. The molecular formula is C16H23N2O2+. The third kappa shape index (κ3) is 2.80. The van der Waals surface area contributed by atoms with Crippen LogP contribution in [0.25, 0.3) is 0 Å². The lowest BCUT2D eigenvalue weighted by atomic mass is 10.1. The molecule has 3 rings (SSSR count). The van der Waals surface area contributed by atoms with Gasteiger partial charge < -0.3 is 14.1 Å². The molecule has 0 atom stereocenters. The zero-order valence-corrected chi connectivity index (χ0v) is 12.0. The second-order valence-electron chi connectivity index (χ2n) is 6.01. The SMILES string of the molecule is O=COCc1cccc(N2CC[N+]3(CCCC3)CC2)c1. The molecule has 108 valence electrons. The van der Waals surface area contributed by atoms with Crippen molar-refractivity contribution in [2.24, 2.45) is 0 Å². The smallest absolute Gasteiger partial charge is 0.293 e. The molecule has 1 aromatic carbocycles. The van der Waals surface area contributed by atoms with Crippen LogP contribution in [-0.2, 0) is 16.1 Å². The van der Waals surface area contributed by atoms with Gasteiger partial charge >= 0.3 is 0 Å². The van der Waals surface area contributed by atoms with Crippen molar-refractivity contribution in [1.29, 1.82) is 0 Å². The van der Waals surface area contributed by atoms with Crippen LogP contribution in [0.15, 0.2) is 24.3 Å². The van der Waals surface area contributed by atoms with Gasteiger partial charge in [-0.15, -0.1) is 0 Å². The molecule has 1 aromatic rings. The third-order valence-corrected chi connectivity index (χ3v) is 4.80. The van der Waals surface area contributed by atoms with Crippen LogP contribution >= 0.6 is 0 Å². The molecular weight excluding hydrogens is 252 g/mol. The minimum absolute atomic E-state index is 0.366. The molecule has 2 aliphatic rings. The predicted octanol–water partition coefficient (Wildman–Crippen LogP) is 1.79. The highest BCUT2D eigenvalue weighted by molar-refractivity contribution is 5.49. The van der Waals surface area contributed by atoms with Crippen LogP contribution < -0.4 is 4.90 Å². The predicted molar refractivity (Wildman–Crippen MR) is 78.5 cm³/mol. The molecule has 0 amide bonds. The minimum Gasteiger partial charge on any atom is -0.463 e. The summed E-state index contributed by atoms with van der Waals surface area (Å²) in [7, 11) is 0. The van der Waals surface area contributed by atoms with E-state index in [9.17, 15) is 4.79 Å². The highest BCUT2D eigenvalue weighted by atomic mass is 16.5. The van der Waals surface area contributed by atoms with Crippen LogP contribution in [0.1, 0.15) is 18.4 Å². The molecule has 2 heterocycles. The Bertz CT molecular complexity index is 459. The van der Waals surface area contributed by atoms with E-state index in [0.29, 0.717) is 13.1 Å². The minimum atomic E-state index is 0.366. The summed E-state index contributed by atoms with van der Waals surface area (Å²) in [6.07, 6.45) is 2.80. The fraction of sp³-hybridized carbons (Fsp3) is 0.562. The monoisotopic (exact) mass is 275 g/mol. The molecule has 0 unspecified atom stereocenters. The number of piperazine rings is 1. The number of benzene rings is 1. The molecule has 0 radical (unpaired) electrons. The first-order chi connectivity index (χ1) is 9.81. The molecule has 4 heteroatoms. The summed E-state index contributed by atoms with van der Waals surface area (Å²) in [5.74, 6) is 0. The number of carbonyl (C=O) groups excluding carboxylic acids is 1. The number of anilines is 1. The molecule has 2 aliphatic heterocycles. The second kappa shape index (κ2) is 5.83. The van der Waals surface area contributed by atoms with Crippen LogP contribution in [-0.4, -0.2) is 50.2 Å². The van der Waals surface area contributed by atoms with Gasteiger partial charge in [-0.05, 0) is 17.7 Å². The lowest BCUT2D eigenvalue weighted by molar-refractivity contribution is -0.917. The average Bonchev–Trinajstić information content (AvgIpc) is 2.94. The maximum atomic E-state index is 10.3. The summed E-state index contributed by atoms with van der Waals surface area (Å²) in [6, 6.07) is 8.35. The van der Waals surface area contributed by atoms with Crippen molar-refractivity contribution in [2.45, 2.75) is 19.4 Å². The van der Waals surface area contributed by atoms with Gasteiger partial charge in [0.05, 0.1) is 39.3 Å². The lowest BCUT2D eigenvalue weighted by Crippen LogP contribution is -2.58. The van der Waals surface area contributed by atoms with Gasteiger partial charge in [0.15, 0.2) is 0 Å². The van der Waals surface area contributed by atoms with E-state index in [1.165, 1.54) is 49.2 Å². The Hall–Kier alpha value is -1.55. The largest absolute Gasteiger partial charge is 0.463 e. The molecule has 0 bridgehead atoms. The van der Waals surface area contributed by atoms with Crippen molar-refractivity contribution in [2.75, 3.05) is 44.2 Å². The molecule has 1 spiro atoms. The number of quaternary nitrogens is 1. The quantitative estimate of drug-likeness (QED) is 0.620. The Morgan fingerprint density at radius 2 is 1.90 bits per heavy atom. The van der Waals surface area contributed by atoms with E-state index in [-0.39, 0.29) is 0 Å². The van der Waals surface area contributed by atoms with Crippen LogP contribution in [0.3, 0.4) is 0 Å². The summed E-state index contributed by atoms with van der Waals surface area (Å²) < 4.78 is 6.17. The van der Waals surface area contributed by atoms with E-state index < -0.39 is 0 Å². The number of hydrogen-bond donors (Lipinski definition) is 0. The number of ether oxygens (including phenoxy) is 1. The van der Waals surface area contributed by atoms with E-state index >= 15 is 0 Å². The summed E-state index contributed by atoms with van der Waals surface area (Å²) in [4.78, 5) is 12.7. The molecule has 2 fully saturated rings. The second-order valence-corrected chi connectivity index (χ2v) is 6.01. The van der Waals surface area contributed by atoms with E-state index in [0.717, 1.165) is 18.7 Å². The molecule has 0 saturated carbocycles. The van der Waals surface area contributed by atoms with Gasteiger partial charge in [0, 0.05) is 18.5 Å². The van der Waals surface area contributed by atoms with E-state index in [1.807, 2.05) is 12.1 Å². The molecule has 0 aromatic heterocycles. The number of carbonyl (C=O) groups is 1. The first-order valence-electron chi connectivity index (χ1n) is 7.56. The summed E-state index contributed by atoms with van der Waals surface area (Å²) in [5.41, 5.74) is 2.32. The fourth-order valence-corrected chi connectivity index (χ4v) is 3.57. The Balaban J connectivity index is 1.63. The number of rotatable bonds is 4. The Morgan fingerprint density at radius 1 is 1.15 bits per heavy atom.